The zero-order valence-electron chi connectivity index (χ0n) is 11.7. The number of nitrogens with one attached hydrogen (secondary N) is 1. The van der Waals surface area contributed by atoms with Gasteiger partial charge in [-0.25, -0.2) is 0 Å². The van der Waals surface area contributed by atoms with Gasteiger partial charge in [-0.1, -0.05) is 26.2 Å². The Labute approximate surface area is 118 Å². The average Bonchev–Trinajstić information content (AvgIpc) is 2.43. The minimum Gasteiger partial charge on any atom is -0.394 e. The number of hydrogen-bond acceptors (Lipinski definition) is 6. The Morgan fingerprint density at radius 3 is 2.55 bits per heavy atom. The predicted octanol–water partition coefficient (Wildman–Crippen LogP) is -1.13. The molecule has 1 rings (SSSR count). The van der Waals surface area contributed by atoms with E-state index in [1.807, 2.05) is 0 Å². The van der Waals surface area contributed by atoms with Crippen LogP contribution in [0.3, 0.4) is 0 Å². The van der Waals surface area contributed by atoms with E-state index in [4.69, 9.17) is 9.84 Å². The van der Waals surface area contributed by atoms with Crippen molar-refractivity contribution in [1.29, 1.82) is 0 Å². The molecule has 1 saturated heterocycles. The monoisotopic (exact) mass is 293 g/mol. The molecule has 7 heteroatoms. The Morgan fingerprint density at radius 2 is 1.95 bits per heavy atom. The van der Waals surface area contributed by atoms with Gasteiger partial charge in [0, 0.05) is 6.42 Å². The van der Waals surface area contributed by atoms with Crippen molar-refractivity contribution in [3.63, 3.8) is 0 Å². The van der Waals surface area contributed by atoms with E-state index in [2.05, 4.69) is 12.2 Å². The van der Waals surface area contributed by atoms with Crippen LogP contribution in [-0.4, -0.2) is 63.6 Å². The Kier molecular flexibility index (Phi) is 7.39. The third kappa shape index (κ3) is 4.68. The fourth-order valence-corrected chi connectivity index (χ4v) is 2.22. The molecule has 0 bridgehead atoms. The SMILES string of the molecule is CCCCCCC(=O)N[C@@H]1[C@@H](O)[C@H](O)[C@@H](CO)O[14CH]1O. The van der Waals surface area contributed by atoms with E-state index in [-0.39, 0.29) is 5.91 Å². The van der Waals surface area contributed by atoms with Crippen molar-refractivity contribution in [2.24, 2.45) is 0 Å². The van der Waals surface area contributed by atoms with Crippen LogP contribution in [0.25, 0.3) is 0 Å². The van der Waals surface area contributed by atoms with Gasteiger partial charge in [-0.05, 0) is 6.42 Å². The second kappa shape index (κ2) is 8.53. The molecule has 0 aromatic carbocycles. The Hall–Kier alpha value is -0.730. The summed E-state index contributed by atoms with van der Waals surface area (Å²) in [5, 5.41) is 40.6. The number of ether oxygens (including phenoxy) is 1. The topological polar surface area (TPSA) is 119 Å². The van der Waals surface area contributed by atoms with E-state index < -0.39 is 37.3 Å². The van der Waals surface area contributed by atoms with E-state index in [9.17, 15) is 20.1 Å². The van der Waals surface area contributed by atoms with Crippen LogP contribution in [0.1, 0.15) is 39.0 Å². The number of carbonyl (C=O) groups is 1. The van der Waals surface area contributed by atoms with Gasteiger partial charge in [0.1, 0.15) is 24.4 Å². The second-order valence-electron chi connectivity index (χ2n) is 5.13. The van der Waals surface area contributed by atoms with Gasteiger partial charge in [0.2, 0.25) is 5.91 Å². The van der Waals surface area contributed by atoms with Crippen molar-refractivity contribution >= 4 is 5.91 Å². The Morgan fingerprint density at radius 1 is 1.25 bits per heavy atom. The number of hydrogen-bond donors (Lipinski definition) is 5. The highest BCUT2D eigenvalue weighted by molar-refractivity contribution is 5.76. The number of rotatable bonds is 7. The molecule has 1 heterocycles. The number of unbranched alkanes of at least 4 members (excludes halogenated alkanes) is 3. The van der Waals surface area contributed by atoms with Gasteiger partial charge in [-0.2, -0.15) is 0 Å². The lowest BCUT2D eigenvalue weighted by atomic mass is 10.0. The van der Waals surface area contributed by atoms with Crippen molar-refractivity contribution in [3.05, 3.63) is 0 Å². The van der Waals surface area contributed by atoms with Crippen molar-refractivity contribution in [3.8, 4) is 0 Å². The summed E-state index contributed by atoms with van der Waals surface area (Å²) in [6, 6.07) is -1.09. The molecule has 0 aliphatic carbocycles. The summed E-state index contributed by atoms with van der Waals surface area (Å²) in [6.45, 7) is 1.55. The summed E-state index contributed by atoms with van der Waals surface area (Å²) in [7, 11) is 0. The largest absolute Gasteiger partial charge is 0.394 e. The van der Waals surface area contributed by atoms with Crippen LogP contribution in [-0.2, 0) is 9.53 Å². The van der Waals surface area contributed by atoms with Gasteiger partial charge in [0.25, 0.3) is 0 Å². The highest BCUT2D eigenvalue weighted by atomic mass is 16.9. The van der Waals surface area contributed by atoms with Gasteiger partial charge in [0.05, 0.1) is 6.61 Å². The fraction of sp³-hybridized carbons (Fsp3) is 0.923. The van der Waals surface area contributed by atoms with Crippen molar-refractivity contribution < 1.29 is 30.0 Å². The maximum atomic E-state index is 11.7. The van der Waals surface area contributed by atoms with Crippen LogP contribution in [0.5, 0.6) is 0 Å². The maximum Gasteiger partial charge on any atom is 0.220 e. The molecule has 0 spiro atoms. The first-order valence-corrected chi connectivity index (χ1v) is 7.11. The minimum atomic E-state index is -1.45. The van der Waals surface area contributed by atoms with Crippen molar-refractivity contribution in [1.82, 2.24) is 5.32 Å². The quantitative estimate of drug-likeness (QED) is 0.379. The smallest absolute Gasteiger partial charge is 0.220 e. The lowest BCUT2D eigenvalue weighted by Crippen LogP contribution is -2.64. The van der Waals surface area contributed by atoms with E-state index in [1.54, 1.807) is 0 Å². The molecule has 5 N–H and O–H groups in total. The molecule has 1 fully saturated rings. The molecule has 5 atom stereocenters. The number of carbonyl (C=O) groups excluding carboxylic acids is 1. The van der Waals surface area contributed by atoms with E-state index in [1.165, 1.54) is 0 Å². The summed E-state index contributed by atoms with van der Waals surface area (Å²) < 4.78 is 4.96. The Balaban J connectivity index is 2.43. The second-order valence-corrected chi connectivity index (χ2v) is 5.13. The molecular formula is C13H25NO6. The van der Waals surface area contributed by atoms with Crippen molar-refractivity contribution in [2.45, 2.75) is 69.7 Å². The van der Waals surface area contributed by atoms with Gasteiger partial charge in [0.15, 0.2) is 6.29 Å². The van der Waals surface area contributed by atoms with Gasteiger partial charge >= 0.3 is 0 Å². The molecule has 1 unspecified atom stereocenters. The molecular weight excluding hydrogens is 268 g/mol. The van der Waals surface area contributed by atoms with Crippen LogP contribution in [0.2, 0.25) is 0 Å². The number of aliphatic hydroxyl groups is 4. The summed E-state index contributed by atoms with van der Waals surface area (Å²) in [6.07, 6.45) is -1.12. The van der Waals surface area contributed by atoms with Crippen LogP contribution in [0.4, 0.5) is 0 Å². The first-order chi connectivity index (χ1) is 9.51. The fourth-order valence-electron chi connectivity index (χ4n) is 2.22. The summed E-state index contributed by atoms with van der Waals surface area (Å²) in [5.41, 5.74) is 0. The molecule has 0 radical (unpaired) electrons. The normalized spacial score (nSPS) is 34.0. The first kappa shape index (κ1) is 17.3. The lowest BCUT2D eigenvalue weighted by Gasteiger charge is -2.40. The summed E-state index contributed by atoms with van der Waals surface area (Å²) in [4.78, 5) is 11.7. The molecule has 0 aromatic heterocycles. The minimum absolute atomic E-state index is 0.301. The van der Waals surface area contributed by atoms with E-state index in [0.717, 1.165) is 25.7 Å². The molecule has 20 heavy (non-hydrogen) atoms. The molecule has 1 aliphatic heterocycles. The average molecular weight is 293 g/mol. The standard InChI is InChI=1S/C13H25NO6/c1-2-3-4-5-6-9(16)14-10-12(18)11(17)8(7-15)20-13(10)19/h8,10-13,15,17-19H,2-7H2,1H3,(H,14,16)/t8-,10-,11-,12-,13?/m1/s1/i13+2. The highest BCUT2D eigenvalue weighted by Crippen LogP contribution is 2.19. The highest BCUT2D eigenvalue weighted by Gasteiger charge is 2.44. The van der Waals surface area contributed by atoms with E-state index >= 15 is 0 Å². The molecule has 0 saturated carbocycles. The molecule has 118 valence electrons. The lowest BCUT2D eigenvalue weighted by molar-refractivity contribution is -0.253. The molecule has 7 nitrogen and oxygen atoms in total. The van der Waals surface area contributed by atoms with Gasteiger partial charge in [-0.3, -0.25) is 4.79 Å². The zero-order chi connectivity index (χ0) is 15.1. The molecule has 1 aliphatic rings. The Bertz CT molecular complexity index is 301. The zero-order valence-corrected chi connectivity index (χ0v) is 11.7. The van der Waals surface area contributed by atoms with Crippen LogP contribution >= 0.6 is 0 Å². The number of amides is 1. The number of aliphatic hydroxyl groups excluding tert-OH is 4. The maximum absolute atomic E-state index is 11.7. The van der Waals surface area contributed by atoms with Crippen molar-refractivity contribution in [2.75, 3.05) is 6.61 Å². The predicted molar refractivity (Wildman–Crippen MR) is 70.7 cm³/mol. The summed E-state index contributed by atoms with van der Waals surface area (Å²) >= 11 is 0. The first-order valence-electron chi connectivity index (χ1n) is 7.11. The van der Waals surface area contributed by atoms with Gasteiger partial charge in [-0.15, -0.1) is 0 Å². The summed E-state index contributed by atoms with van der Waals surface area (Å²) in [5.74, 6) is -0.303. The van der Waals surface area contributed by atoms with Crippen LogP contribution in [0.15, 0.2) is 0 Å². The molecule has 1 amide bonds. The van der Waals surface area contributed by atoms with Crippen LogP contribution < -0.4 is 5.32 Å². The third-order valence-corrected chi connectivity index (χ3v) is 3.49. The van der Waals surface area contributed by atoms with E-state index in [0.29, 0.717) is 6.42 Å². The van der Waals surface area contributed by atoms with Crippen LogP contribution in [0, 0.1) is 0 Å². The van der Waals surface area contributed by atoms with Gasteiger partial charge < -0.3 is 30.5 Å². The molecule has 0 aromatic rings. The third-order valence-electron chi connectivity index (χ3n) is 3.49.